The van der Waals surface area contributed by atoms with Gasteiger partial charge in [-0.25, -0.2) is 4.39 Å². The molecule has 5 aromatic rings. The van der Waals surface area contributed by atoms with E-state index in [1.54, 1.807) is 23.9 Å². The van der Waals surface area contributed by atoms with E-state index in [4.69, 9.17) is 0 Å². The fourth-order valence-corrected chi connectivity index (χ4v) is 4.33. The van der Waals surface area contributed by atoms with Gasteiger partial charge in [0.2, 0.25) is 0 Å². The largest absolute Gasteiger partial charge is 0.270 e. The minimum atomic E-state index is -0.265. The Bertz CT molecular complexity index is 1300. The molecule has 5 heteroatoms. The van der Waals surface area contributed by atoms with Gasteiger partial charge in [-0.2, -0.15) is 0 Å². The van der Waals surface area contributed by atoms with E-state index in [0.29, 0.717) is 0 Å². The van der Waals surface area contributed by atoms with Crippen molar-refractivity contribution in [3.05, 3.63) is 108 Å². The number of benzene rings is 4. The Morgan fingerprint density at radius 2 is 1.47 bits per heavy atom. The van der Waals surface area contributed by atoms with Gasteiger partial charge in [-0.3, -0.25) is 4.57 Å². The van der Waals surface area contributed by atoms with Crippen molar-refractivity contribution < 1.29 is 4.39 Å². The molecule has 0 aliphatic heterocycles. The fourth-order valence-electron chi connectivity index (χ4n) is 3.44. The van der Waals surface area contributed by atoms with Gasteiger partial charge >= 0.3 is 0 Å². The molecule has 3 nitrogen and oxygen atoms in total. The second-order valence-corrected chi connectivity index (χ2v) is 7.90. The topological polar surface area (TPSA) is 30.7 Å². The van der Waals surface area contributed by atoms with Crippen LogP contribution in [-0.2, 0) is 5.75 Å². The molecular weight excluding hydrogens is 393 g/mol. The molecule has 1 heterocycles. The molecular formula is C25H18FN3S. The number of rotatable bonds is 5. The second kappa shape index (κ2) is 8.13. The Balaban J connectivity index is 1.51. The van der Waals surface area contributed by atoms with Crippen molar-refractivity contribution in [3.8, 4) is 17.1 Å². The average Bonchev–Trinajstić information content (AvgIpc) is 3.22. The molecule has 0 N–H and O–H groups in total. The Labute approximate surface area is 178 Å². The van der Waals surface area contributed by atoms with Crippen molar-refractivity contribution >= 4 is 22.5 Å². The molecule has 0 aliphatic rings. The van der Waals surface area contributed by atoms with Gasteiger partial charge in [-0.15, -0.1) is 10.2 Å². The first-order valence-corrected chi connectivity index (χ1v) is 10.6. The molecule has 0 unspecified atom stereocenters. The highest BCUT2D eigenvalue weighted by atomic mass is 32.2. The average molecular weight is 412 g/mol. The molecule has 0 fully saturated rings. The number of fused-ring (bicyclic) bond motifs is 1. The number of nitrogens with zero attached hydrogens (tertiary/aromatic N) is 3. The van der Waals surface area contributed by atoms with E-state index < -0.39 is 0 Å². The molecule has 0 atom stereocenters. The molecule has 0 saturated heterocycles. The SMILES string of the molecule is Fc1ccc(-n2c(SCc3ccc4ccccc4c3)nnc2-c2ccccc2)cc1. The van der Waals surface area contributed by atoms with Crippen molar-refractivity contribution in [2.75, 3.05) is 0 Å². The summed E-state index contributed by atoms with van der Waals surface area (Å²) in [5.74, 6) is 1.24. The lowest BCUT2D eigenvalue weighted by atomic mass is 10.1. The van der Waals surface area contributed by atoms with Crippen LogP contribution in [0.3, 0.4) is 0 Å². The highest BCUT2D eigenvalue weighted by Crippen LogP contribution is 2.30. The summed E-state index contributed by atoms with van der Waals surface area (Å²) in [6, 6.07) is 31.2. The van der Waals surface area contributed by atoms with Crippen LogP contribution in [0.5, 0.6) is 0 Å². The van der Waals surface area contributed by atoms with E-state index in [1.807, 2.05) is 41.0 Å². The predicted molar refractivity (Wildman–Crippen MR) is 120 cm³/mol. The summed E-state index contributed by atoms with van der Waals surface area (Å²) in [5.41, 5.74) is 3.02. The smallest absolute Gasteiger partial charge is 0.196 e. The Kier molecular flexibility index (Phi) is 5.03. The van der Waals surface area contributed by atoms with E-state index in [9.17, 15) is 4.39 Å². The summed E-state index contributed by atoms with van der Waals surface area (Å²) in [5, 5.41) is 12.1. The molecule has 0 bridgehead atoms. The van der Waals surface area contributed by atoms with Gasteiger partial charge in [0, 0.05) is 17.0 Å². The van der Waals surface area contributed by atoms with Crippen LogP contribution in [-0.4, -0.2) is 14.8 Å². The summed E-state index contributed by atoms with van der Waals surface area (Å²) < 4.78 is 15.5. The third-order valence-corrected chi connectivity index (χ3v) is 5.93. The number of halogens is 1. The van der Waals surface area contributed by atoms with Crippen LogP contribution in [0.15, 0.2) is 102 Å². The van der Waals surface area contributed by atoms with Gasteiger partial charge in [0.1, 0.15) is 5.82 Å². The molecule has 30 heavy (non-hydrogen) atoms. The van der Waals surface area contributed by atoms with Gasteiger partial charge in [0.05, 0.1) is 0 Å². The lowest BCUT2D eigenvalue weighted by molar-refractivity contribution is 0.627. The van der Waals surface area contributed by atoms with Crippen LogP contribution in [0.1, 0.15) is 5.56 Å². The van der Waals surface area contributed by atoms with Crippen LogP contribution in [0.4, 0.5) is 4.39 Å². The number of aromatic nitrogens is 3. The van der Waals surface area contributed by atoms with Gasteiger partial charge in [0.15, 0.2) is 11.0 Å². The molecule has 1 aromatic heterocycles. The van der Waals surface area contributed by atoms with Crippen molar-refractivity contribution in [3.63, 3.8) is 0 Å². The maximum Gasteiger partial charge on any atom is 0.196 e. The Hall–Kier alpha value is -3.44. The van der Waals surface area contributed by atoms with Crippen LogP contribution in [0.2, 0.25) is 0 Å². The normalized spacial score (nSPS) is 11.1. The van der Waals surface area contributed by atoms with Crippen LogP contribution in [0.25, 0.3) is 27.8 Å². The summed E-state index contributed by atoms with van der Waals surface area (Å²) in [6.07, 6.45) is 0. The maximum absolute atomic E-state index is 13.5. The van der Waals surface area contributed by atoms with Crippen molar-refractivity contribution in [1.29, 1.82) is 0 Å². The van der Waals surface area contributed by atoms with Gasteiger partial charge < -0.3 is 0 Å². The first-order valence-electron chi connectivity index (χ1n) is 9.65. The van der Waals surface area contributed by atoms with Gasteiger partial charge in [-0.1, -0.05) is 84.6 Å². The third-order valence-electron chi connectivity index (χ3n) is 4.93. The van der Waals surface area contributed by atoms with E-state index in [-0.39, 0.29) is 5.82 Å². The minimum absolute atomic E-state index is 0.265. The van der Waals surface area contributed by atoms with E-state index >= 15 is 0 Å². The summed E-state index contributed by atoms with van der Waals surface area (Å²) in [7, 11) is 0. The summed E-state index contributed by atoms with van der Waals surface area (Å²) in [6.45, 7) is 0. The zero-order chi connectivity index (χ0) is 20.3. The molecule has 4 aromatic carbocycles. The molecule has 0 saturated carbocycles. The molecule has 0 amide bonds. The maximum atomic E-state index is 13.5. The summed E-state index contributed by atoms with van der Waals surface area (Å²) in [4.78, 5) is 0. The quantitative estimate of drug-likeness (QED) is 0.309. The van der Waals surface area contributed by atoms with Crippen molar-refractivity contribution in [2.45, 2.75) is 10.9 Å². The molecule has 0 spiro atoms. The monoisotopic (exact) mass is 411 g/mol. The third kappa shape index (κ3) is 3.72. The second-order valence-electron chi connectivity index (χ2n) is 6.95. The fraction of sp³-hybridized carbons (Fsp3) is 0.0400. The Morgan fingerprint density at radius 3 is 2.27 bits per heavy atom. The van der Waals surface area contributed by atoms with E-state index in [1.165, 1.54) is 28.5 Å². The standard InChI is InChI=1S/C25H18FN3S/c26-22-12-14-23(15-13-22)29-24(20-7-2-1-3-8-20)27-28-25(29)30-17-18-10-11-19-6-4-5-9-21(19)16-18/h1-16H,17H2. The van der Waals surface area contributed by atoms with E-state index in [0.717, 1.165) is 28.0 Å². The molecule has 0 radical (unpaired) electrons. The van der Waals surface area contributed by atoms with Crippen LogP contribution in [0, 0.1) is 5.82 Å². The first kappa shape index (κ1) is 18.6. The zero-order valence-electron chi connectivity index (χ0n) is 16.1. The molecule has 0 aliphatic carbocycles. The van der Waals surface area contributed by atoms with E-state index in [2.05, 4.69) is 46.6 Å². The van der Waals surface area contributed by atoms with Gasteiger partial charge in [0.25, 0.3) is 0 Å². The zero-order valence-corrected chi connectivity index (χ0v) is 16.9. The summed E-state index contributed by atoms with van der Waals surface area (Å²) >= 11 is 1.62. The van der Waals surface area contributed by atoms with Crippen molar-refractivity contribution in [1.82, 2.24) is 14.8 Å². The predicted octanol–water partition coefficient (Wildman–Crippen LogP) is 6.52. The molecule has 5 rings (SSSR count). The van der Waals surface area contributed by atoms with Crippen LogP contribution >= 0.6 is 11.8 Å². The number of hydrogen-bond donors (Lipinski definition) is 0. The number of hydrogen-bond acceptors (Lipinski definition) is 3. The molecule has 146 valence electrons. The first-order chi connectivity index (χ1) is 14.8. The van der Waals surface area contributed by atoms with Gasteiger partial charge in [-0.05, 0) is 40.6 Å². The highest BCUT2D eigenvalue weighted by molar-refractivity contribution is 7.98. The Morgan fingerprint density at radius 1 is 0.733 bits per heavy atom. The van der Waals surface area contributed by atoms with Crippen LogP contribution < -0.4 is 0 Å². The minimum Gasteiger partial charge on any atom is -0.270 e. The number of thioether (sulfide) groups is 1. The highest BCUT2D eigenvalue weighted by Gasteiger charge is 2.16. The lowest BCUT2D eigenvalue weighted by Gasteiger charge is -2.11. The van der Waals surface area contributed by atoms with Crippen molar-refractivity contribution in [2.24, 2.45) is 0 Å². The lowest BCUT2D eigenvalue weighted by Crippen LogP contribution is -2.00.